The topological polar surface area (TPSA) is 63.8 Å². The number of benzene rings is 1. The van der Waals surface area contributed by atoms with Gasteiger partial charge in [-0.3, -0.25) is 4.98 Å². The van der Waals surface area contributed by atoms with Crippen LogP contribution in [0.15, 0.2) is 30.6 Å². The van der Waals surface area contributed by atoms with Gasteiger partial charge in [0.05, 0.1) is 17.4 Å². The number of halogens is 2. The number of hydrogen-bond donors (Lipinski definition) is 2. The summed E-state index contributed by atoms with van der Waals surface area (Å²) in [5.41, 5.74) is 6.08. The molecule has 82 valence electrons. The Morgan fingerprint density at radius 2 is 2.12 bits per heavy atom. The molecule has 0 amide bonds. The summed E-state index contributed by atoms with van der Waals surface area (Å²) < 4.78 is 12.9. The maximum absolute atomic E-state index is 12.9. The van der Waals surface area contributed by atoms with Gasteiger partial charge in [-0.1, -0.05) is 11.6 Å². The summed E-state index contributed by atoms with van der Waals surface area (Å²) in [5, 5.41) is 2.95. The molecule has 2 rings (SSSR count). The number of nitrogen functional groups attached to an aromatic ring is 1. The van der Waals surface area contributed by atoms with E-state index in [0.717, 1.165) is 0 Å². The molecule has 0 radical (unpaired) electrons. The van der Waals surface area contributed by atoms with Crippen LogP contribution in [0.25, 0.3) is 0 Å². The summed E-state index contributed by atoms with van der Waals surface area (Å²) >= 11 is 5.64. The van der Waals surface area contributed by atoms with Crippen LogP contribution in [0.4, 0.5) is 21.7 Å². The number of aromatic nitrogens is 2. The van der Waals surface area contributed by atoms with Crippen molar-refractivity contribution in [3.63, 3.8) is 0 Å². The monoisotopic (exact) mass is 238 g/mol. The lowest BCUT2D eigenvalue weighted by molar-refractivity contribution is 0.628. The van der Waals surface area contributed by atoms with E-state index in [2.05, 4.69) is 15.3 Å². The molecule has 1 aromatic heterocycles. The molecule has 6 heteroatoms. The van der Waals surface area contributed by atoms with E-state index in [1.807, 2.05) is 0 Å². The molecule has 0 aliphatic carbocycles. The minimum atomic E-state index is -0.467. The van der Waals surface area contributed by atoms with Crippen molar-refractivity contribution in [2.24, 2.45) is 0 Å². The van der Waals surface area contributed by atoms with Crippen LogP contribution in [0.5, 0.6) is 0 Å². The minimum absolute atomic E-state index is 0.0434. The quantitative estimate of drug-likeness (QED) is 0.844. The molecule has 4 nitrogen and oxygen atoms in total. The van der Waals surface area contributed by atoms with Crippen LogP contribution >= 0.6 is 11.6 Å². The highest BCUT2D eigenvalue weighted by Crippen LogP contribution is 2.21. The van der Waals surface area contributed by atoms with Gasteiger partial charge in [0.25, 0.3) is 0 Å². The van der Waals surface area contributed by atoms with E-state index in [1.54, 1.807) is 6.07 Å². The maximum Gasteiger partial charge on any atom is 0.151 e. The van der Waals surface area contributed by atoms with Crippen LogP contribution in [0.2, 0.25) is 5.02 Å². The third kappa shape index (κ3) is 2.38. The predicted molar refractivity (Wildman–Crippen MR) is 61.1 cm³/mol. The highest BCUT2D eigenvalue weighted by molar-refractivity contribution is 6.31. The third-order valence-electron chi connectivity index (χ3n) is 1.85. The van der Waals surface area contributed by atoms with E-state index in [4.69, 9.17) is 17.3 Å². The molecule has 1 heterocycles. The molecule has 0 spiro atoms. The Morgan fingerprint density at radius 3 is 2.81 bits per heavy atom. The van der Waals surface area contributed by atoms with Crippen molar-refractivity contribution in [1.29, 1.82) is 0 Å². The summed E-state index contributed by atoms with van der Waals surface area (Å²) in [6.45, 7) is 0. The Bertz CT molecular complexity index is 518. The van der Waals surface area contributed by atoms with Gasteiger partial charge in [-0.15, -0.1) is 0 Å². The lowest BCUT2D eigenvalue weighted by atomic mass is 10.3. The SMILES string of the molecule is Nc1cncc(Nc2ccc(F)c(Cl)c2)n1. The Labute approximate surface area is 96.3 Å². The highest BCUT2D eigenvalue weighted by atomic mass is 35.5. The molecule has 0 aliphatic rings. The number of hydrogen-bond acceptors (Lipinski definition) is 4. The summed E-state index contributed by atoms with van der Waals surface area (Å²) in [6, 6.07) is 4.28. The molecule has 1 aromatic carbocycles. The van der Waals surface area contributed by atoms with Gasteiger partial charge in [0.2, 0.25) is 0 Å². The van der Waals surface area contributed by atoms with Gasteiger partial charge in [-0.2, -0.15) is 0 Å². The molecule has 0 aliphatic heterocycles. The third-order valence-corrected chi connectivity index (χ3v) is 2.13. The van der Waals surface area contributed by atoms with E-state index < -0.39 is 5.82 Å². The van der Waals surface area contributed by atoms with Crippen molar-refractivity contribution in [3.05, 3.63) is 41.4 Å². The normalized spacial score (nSPS) is 10.1. The molecule has 3 N–H and O–H groups in total. The molecule has 16 heavy (non-hydrogen) atoms. The minimum Gasteiger partial charge on any atom is -0.382 e. The molecular weight excluding hydrogens is 231 g/mol. The van der Waals surface area contributed by atoms with Crippen LogP contribution in [0.1, 0.15) is 0 Å². The first kappa shape index (κ1) is 10.6. The van der Waals surface area contributed by atoms with Gasteiger partial charge in [-0.25, -0.2) is 9.37 Å². The fourth-order valence-corrected chi connectivity index (χ4v) is 1.34. The molecule has 0 unspecified atom stereocenters. The van der Waals surface area contributed by atoms with Gasteiger partial charge < -0.3 is 11.1 Å². The number of anilines is 3. The van der Waals surface area contributed by atoms with Crippen LogP contribution in [0.3, 0.4) is 0 Å². The number of nitrogens with one attached hydrogen (secondary N) is 1. The van der Waals surface area contributed by atoms with Crippen molar-refractivity contribution < 1.29 is 4.39 Å². The van der Waals surface area contributed by atoms with Gasteiger partial charge in [-0.05, 0) is 18.2 Å². The van der Waals surface area contributed by atoms with E-state index in [9.17, 15) is 4.39 Å². The molecule has 0 fully saturated rings. The lowest BCUT2D eigenvalue weighted by Gasteiger charge is -2.05. The average molecular weight is 239 g/mol. The molecule has 2 aromatic rings. The lowest BCUT2D eigenvalue weighted by Crippen LogP contribution is -1.98. The summed E-state index contributed by atoms with van der Waals surface area (Å²) in [7, 11) is 0. The van der Waals surface area contributed by atoms with E-state index >= 15 is 0 Å². The van der Waals surface area contributed by atoms with E-state index in [1.165, 1.54) is 24.5 Å². The molecule has 0 saturated heterocycles. The summed E-state index contributed by atoms with van der Waals surface area (Å²) in [4.78, 5) is 7.85. The molecule has 0 bridgehead atoms. The van der Waals surface area contributed by atoms with E-state index in [0.29, 0.717) is 17.3 Å². The largest absolute Gasteiger partial charge is 0.382 e. The van der Waals surface area contributed by atoms with Crippen molar-refractivity contribution in [2.45, 2.75) is 0 Å². The summed E-state index contributed by atoms with van der Waals surface area (Å²) in [5.74, 6) is 0.312. The second-order valence-electron chi connectivity index (χ2n) is 3.08. The fraction of sp³-hybridized carbons (Fsp3) is 0. The highest BCUT2D eigenvalue weighted by Gasteiger charge is 2.02. The van der Waals surface area contributed by atoms with Crippen molar-refractivity contribution in [2.75, 3.05) is 11.1 Å². The van der Waals surface area contributed by atoms with E-state index in [-0.39, 0.29) is 5.02 Å². The zero-order valence-corrected chi connectivity index (χ0v) is 8.87. The van der Waals surface area contributed by atoms with Crippen LogP contribution < -0.4 is 11.1 Å². The summed E-state index contributed by atoms with van der Waals surface area (Å²) in [6.07, 6.45) is 2.94. The first-order chi connectivity index (χ1) is 7.65. The Morgan fingerprint density at radius 1 is 1.31 bits per heavy atom. The Hall–Kier alpha value is -1.88. The van der Waals surface area contributed by atoms with Crippen LogP contribution in [0, 0.1) is 5.82 Å². The first-order valence-electron chi connectivity index (χ1n) is 4.45. The number of nitrogens with two attached hydrogens (primary N) is 1. The van der Waals surface area contributed by atoms with Crippen molar-refractivity contribution >= 4 is 28.9 Å². The predicted octanol–water partition coefficient (Wildman–Crippen LogP) is 2.59. The van der Waals surface area contributed by atoms with Gasteiger partial charge in [0.15, 0.2) is 5.82 Å². The zero-order valence-electron chi connectivity index (χ0n) is 8.11. The van der Waals surface area contributed by atoms with Gasteiger partial charge in [0, 0.05) is 5.69 Å². The smallest absolute Gasteiger partial charge is 0.151 e. The standard InChI is InChI=1S/C10H8ClFN4/c11-7-3-6(1-2-8(7)12)15-10-5-14-4-9(13)16-10/h1-5H,(H3,13,15,16). The Kier molecular flexibility index (Phi) is 2.87. The van der Waals surface area contributed by atoms with Gasteiger partial charge in [0.1, 0.15) is 11.6 Å². The fourth-order valence-electron chi connectivity index (χ4n) is 1.16. The molecule has 0 saturated carbocycles. The van der Waals surface area contributed by atoms with Crippen molar-refractivity contribution in [3.8, 4) is 0 Å². The maximum atomic E-state index is 12.9. The second-order valence-corrected chi connectivity index (χ2v) is 3.49. The van der Waals surface area contributed by atoms with Crippen LogP contribution in [-0.2, 0) is 0 Å². The first-order valence-corrected chi connectivity index (χ1v) is 4.82. The zero-order chi connectivity index (χ0) is 11.5. The van der Waals surface area contributed by atoms with Crippen LogP contribution in [-0.4, -0.2) is 9.97 Å². The Balaban J connectivity index is 2.24. The molecule has 0 atom stereocenters. The number of rotatable bonds is 2. The molecular formula is C10H8ClFN4. The average Bonchev–Trinajstić information content (AvgIpc) is 2.24. The van der Waals surface area contributed by atoms with Crippen molar-refractivity contribution in [1.82, 2.24) is 9.97 Å². The second kappa shape index (κ2) is 4.32. The number of nitrogens with zero attached hydrogens (tertiary/aromatic N) is 2. The van der Waals surface area contributed by atoms with Gasteiger partial charge >= 0.3 is 0 Å².